The normalized spacial score (nSPS) is 12.6. The van der Waals surface area contributed by atoms with E-state index in [9.17, 15) is 0 Å². The lowest BCUT2D eigenvalue weighted by Gasteiger charge is -2.22. The molecule has 0 fully saturated rings. The van der Waals surface area contributed by atoms with Gasteiger partial charge < -0.3 is 4.98 Å². The second kappa shape index (κ2) is 18.2. The maximum Gasteiger partial charge on any atom is 0.116 e. The van der Waals surface area contributed by atoms with Crippen molar-refractivity contribution in [3.63, 3.8) is 0 Å². The van der Waals surface area contributed by atoms with Gasteiger partial charge in [0.1, 0.15) is 8.24 Å². The maximum atomic E-state index is 3.73. The highest BCUT2D eigenvalue weighted by Gasteiger charge is 2.19. The van der Waals surface area contributed by atoms with Crippen molar-refractivity contribution in [1.82, 2.24) is 4.98 Å². The minimum atomic E-state index is -1.03. The fourth-order valence-corrected chi connectivity index (χ4v) is 7.71. The van der Waals surface area contributed by atoms with Crippen LogP contribution >= 0.6 is 0 Å². The van der Waals surface area contributed by atoms with Crippen LogP contribution in [0.1, 0.15) is 110 Å². The van der Waals surface area contributed by atoms with Gasteiger partial charge in [-0.15, -0.1) is 0 Å². The Kier molecular flexibility index (Phi) is 18.4. The van der Waals surface area contributed by atoms with E-state index < -0.39 is 16.3 Å². The van der Waals surface area contributed by atoms with Crippen LogP contribution in [0.15, 0.2) is 0 Å². The summed E-state index contributed by atoms with van der Waals surface area (Å²) in [6, 6.07) is 3.15. The number of unbranched alkanes of at least 4 members (excludes halogenated alkanes) is 14. The van der Waals surface area contributed by atoms with Crippen LogP contribution in [-0.2, 0) is 0 Å². The second-order valence-corrected chi connectivity index (χ2v) is 21.3. The standard InChI is InChI=1S/C25H57NSi2/c1-7-8-9-10-11-15-18-21-24-28(5,6)25-22-19-16-13-12-14-17-20-23-26-27(2,3)4/h26H,7-25H2,1-6H3. The average molecular weight is 428 g/mol. The molecular weight excluding hydrogens is 370 g/mol. The third-order valence-electron chi connectivity index (χ3n) is 6.14. The van der Waals surface area contributed by atoms with Crippen LogP contribution in [0.5, 0.6) is 0 Å². The lowest BCUT2D eigenvalue weighted by Crippen LogP contribution is -2.41. The van der Waals surface area contributed by atoms with E-state index in [0.29, 0.717) is 0 Å². The Morgan fingerprint density at radius 1 is 0.464 bits per heavy atom. The van der Waals surface area contributed by atoms with Crippen molar-refractivity contribution in [2.24, 2.45) is 0 Å². The van der Waals surface area contributed by atoms with E-state index >= 15 is 0 Å². The molecule has 0 aromatic rings. The van der Waals surface area contributed by atoms with Gasteiger partial charge >= 0.3 is 0 Å². The summed E-state index contributed by atoms with van der Waals surface area (Å²) in [5.41, 5.74) is 0. The van der Waals surface area contributed by atoms with E-state index in [1.54, 1.807) is 12.1 Å². The van der Waals surface area contributed by atoms with Gasteiger partial charge in [0, 0.05) is 8.07 Å². The third kappa shape index (κ3) is 22.7. The van der Waals surface area contributed by atoms with E-state index in [0.717, 1.165) is 0 Å². The lowest BCUT2D eigenvalue weighted by molar-refractivity contribution is 0.571. The molecular formula is C25H57NSi2. The van der Waals surface area contributed by atoms with Crippen LogP contribution in [0, 0.1) is 0 Å². The smallest absolute Gasteiger partial charge is 0.116 e. The monoisotopic (exact) mass is 427 g/mol. The van der Waals surface area contributed by atoms with Gasteiger partial charge in [0.15, 0.2) is 0 Å². The van der Waals surface area contributed by atoms with E-state index in [4.69, 9.17) is 0 Å². The molecule has 1 N–H and O–H groups in total. The predicted molar refractivity (Wildman–Crippen MR) is 138 cm³/mol. The molecule has 0 radical (unpaired) electrons. The highest BCUT2D eigenvalue weighted by molar-refractivity contribution is 6.77. The van der Waals surface area contributed by atoms with E-state index in [2.05, 4.69) is 44.6 Å². The lowest BCUT2D eigenvalue weighted by atomic mass is 10.1. The number of nitrogens with one attached hydrogen (secondary N) is 1. The highest BCUT2D eigenvalue weighted by Crippen LogP contribution is 2.23. The second-order valence-electron chi connectivity index (χ2n) is 11.1. The molecule has 0 bridgehead atoms. The SMILES string of the molecule is CCCCCCCCCC[Si](C)(C)CCCCCCCCCCN[Si](C)(C)C. The number of hydrogen-bond donors (Lipinski definition) is 1. The predicted octanol–water partition coefficient (Wildman–Crippen LogP) is 9.38. The zero-order chi connectivity index (χ0) is 21.1. The Morgan fingerprint density at radius 3 is 1.21 bits per heavy atom. The minimum absolute atomic E-state index is 0.894. The molecule has 0 aromatic carbocycles. The van der Waals surface area contributed by atoms with E-state index in [1.165, 1.54) is 109 Å². The quantitative estimate of drug-likeness (QED) is 0.142. The first-order chi connectivity index (χ1) is 13.3. The van der Waals surface area contributed by atoms with Crippen molar-refractivity contribution in [3.05, 3.63) is 0 Å². The zero-order valence-corrected chi connectivity index (χ0v) is 22.9. The van der Waals surface area contributed by atoms with Crippen molar-refractivity contribution in [1.29, 1.82) is 0 Å². The topological polar surface area (TPSA) is 12.0 Å². The third-order valence-corrected chi connectivity index (χ3v) is 10.9. The van der Waals surface area contributed by atoms with Crippen molar-refractivity contribution in [2.45, 2.75) is 154 Å². The summed E-state index contributed by atoms with van der Waals surface area (Å²) >= 11 is 0. The van der Waals surface area contributed by atoms with E-state index in [1.807, 2.05) is 0 Å². The van der Waals surface area contributed by atoms with Crippen LogP contribution in [0.3, 0.4) is 0 Å². The summed E-state index contributed by atoms with van der Waals surface area (Å²) in [6.07, 6.45) is 23.4. The summed E-state index contributed by atoms with van der Waals surface area (Å²) < 4.78 is 0. The van der Waals surface area contributed by atoms with Gasteiger partial charge in [-0.2, -0.15) is 0 Å². The van der Waals surface area contributed by atoms with Crippen LogP contribution in [0.2, 0.25) is 44.8 Å². The molecule has 0 saturated carbocycles. The van der Waals surface area contributed by atoms with Gasteiger partial charge in [-0.1, -0.05) is 148 Å². The van der Waals surface area contributed by atoms with Gasteiger partial charge in [0.25, 0.3) is 0 Å². The van der Waals surface area contributed by atoms with Crippen molar-refractivity contribution >= 4 is 16.3 Å². The number of hydrogen-bond acceptors (Lipinski definition) is 1. The first-order valence-corrected chi connectivity index (χ1v) is 19.9. The summed E-state index contributed by atoms with van der Waals surface area (Å²) in [5.74, 6) is 0. The molecule has 170 valence electrons. The Bertz CT molecular complexity index is 323. The first-order valence-electron chi connectivity index (χ1n) is 13.0. The minimum Gasteiger partial charge on any atom is -0.337 e. The first kappa shape index (κ1) is 28.4. The molecule has 0 aliphatic rings. The summed E-state index contributed by atoms with van der Waals surface area (Å²) in [5, 5.41) is 0. The average Bonchev–Trinajstić information content (AvgIpc) is 2.61. The van der Waals surface area contributed by atoms with Crippen LogP contribution in [0.4, 0.5) is 0 Å². The Balaban J connectivity index is 3.35. The maximum absolute atomic E-state index is 3.73. The fourth-order valence-electron chi connectivity index (χ4n) is 4.12. The van der Waals surface area contributed by atoms with Crippen LogP contribution in [-0.4, -0.2) is 22.9 Å². The number of rotatable bonds is 21. The summed E-state index contributed by atoms with van der Waals surface area (Å²) in [4.78, 5) is 3.73. The van der Waals surface area contributed by atoms with Gasteiger partial charge in [0.2, 0.25) is 0 Å². The summed E-state index contributed by atoms with van der Waals surface area (Å²) in [6.45, 7) is 16.0. The molecule has 0 unspecified atom stereocenters. The molecule has 0 amide bonds. The molecule has 0 aliphatic heterocycles. The molecule has 28 heavy (non-hydrogen) atoms. The van der Waals surface area contributed by atoms with E-state index in [-0.39, 0.29) is 0 Å². The fraction of sp³-hybridized carbons (Fsp3) is 1.00. The molecule has 1 nitrogen and oxygen atoms in total. The van der Waals surface area contributed by atoms with Crippen molar-refractivity contribution in [3.8, 4) is 0 Å². The highest BCUT2D eigenvalue weighted by atomic mass is 28.3. The molecule has 0 aromatic heterocycles. The zero-order valence-electron chi connectivity index (χ0n) is 20.9. The molecule has 0 heterocycles. The summed E-state index contributed by atoms with van der Waals surface area (Å²) in [7, 11) is -1.92. The van der Waals surface area contributed by atoms with Gasteiger partial charge in [0.05, 0.1) is 0 Å². The molecule has 0 rings (SSSR count). The molecule has 0 atom stereocenters. The molecule has 3 heteroatoms. The van der Waals surface area contributed by atoms with Gasteiger partial charge in [-0.3, -0.25) is 0 Å². The molecule has 0 spiro atoms. The Labute approximate surface area is 182 Å². The molecule has 0 saturated heterocycles. The molecule has 0 aliphatic carbocycles. The van der Waals surface area contributed by atoms with Crippen LogP contribution < -0.4 is 4.98 Å². The Hall–Kier alpha value is 0.394. The van der Waals surface area contributed by atoms with Gasteiger partial charge in [-0.05, 0) is 13.0 Å². The Morgan fingerprint density at radius 2 is 0.821 bits per heavy atom. The van der Waals surface area contributed by atoms with Crippen molar-refractivity contribution in [2.75, 3.05) is 6.54 Å². The van der Waals surface area contributed by atoms with Crippen molar-refractivity contribution < 1.29 is 0 Å². The largest absolute Gasteiger partial charge is 0.337 e. The van der Waals surface area contributed by atoms with Crippen LogP contribution in [0.25, 0.3) is 0 Å². The van der Waals surface area contributed by atoms with Gasteiger partial charge in [-0.25, -0.2) is 0 Å².